The van der Waals surface area contributed by atoms with E-state index in [1.165, 1.54) is 5.56 Å². The summed E-state index contributed by atoms with van der Waals surface area (Å²) in [7, 11) is 1.59. The highest BCUT2D eigenvalue weighted by Crippen LogP contribution is 2.28. The van der Waals surface area contributed by atoms with Gasteiger partial charge in [-0.15, -0.1) is 5.10 Å². The average molecular weight is 283 g/mol. The van der Waals surface area contributed by atoms with Gasteiger partial charge in [0.25, 0.3) is 5.91 Å². The Balaban J connectivity index is 2.04. The quantitative estimate of drug-likeness (QED) is 0.804. The lowest BCUT2D eigenvalue weighted by Crippen LogP contribution is -2.18. The van der Waals surface area contributed by atoms with Gasteiger partial charge in [0, 0.05) is 18.3 Å². The van der Waals surface area contributed by atoms with Crippen molar-refractivity contribution in [2.45, 2.75) is 20.4 Å². The number of benzene rings is 1. The van der Waals surface area contributed by atoms with Crippen molar-refractivity contribution in [3.05, 3.63) is 52.9 Å². The van der Waals surface area contributed by atoms with Crippen LogP contribution in [0.4, 0.5) is 0 Å². The van der Waals surface area contributed by atoms with Gasteiger partial charge in [0.15, 0.2) is 5.76 Å². The second-order valence-corrected chi connectivity index (χ2v) is 5.04. The van der Waals surface area contributed by atoms with Gasteiger partial charge >= 0.3 is 0 Å². The van der Waals surface area contributed by atoms with Crippen molar-refractivity contribution in [1.82, 2.24) is 15.1 Å². The van der Waals surface area contributed by atoms with Crippen molar-refractivity contribution in [2.24, 2.45) is 0 Å². The summed E-state index contributed by atoms with van der Waals surface area (Å²) in [6, 6.07) is 10.1. The van der Waals surface area contributed by atoms with Crippen LogP contribution in [0.15, 0.2) is 34.7 Å². The fourth-order valence-electron chi connectivity index (χ4n) is 2.55. The highest BCUT2D eigenvalue weighted by Gasteiger charge is 2.21. The third kappa shape index (κ3) is 2.20. The van der Waals surface area contributed by atoms with Gasteiger partial charge in [0.2, 0.25) is 5.71 Å². The van der Waals surface area contributed by atoms with E-state index in [1.807, 2.05) is 36.7 Å². The molecule has 0 spiro atoms. The third-order valence-electron chi connectivity index (χ3n) is 3.70. The van der Waals surface area contributed by atoms with Crippen LogP contribution in [0.25, 0.3) is 11.1 Å². The molecular weight excluding hydrogens is 266 g/mol. The molecule has 5 heteroatoms. The molecule has 0 radical (unpaired) electrons. The molecule has 0 saturated heterocycles. The Kier molecular flexibility index (Phi) is 3.25. The summed E-state index contributed by atoms with van der Waals surface area (Å²) in [5.41, 5.74) is 3.53. The van der Waals surface area contributed by atoms with E-state index in [9.17, 15) is 4.79 Å². The molecule has 3 aromatic rings. The molecule has 1 amide bonds. The number of aryl methyl sites for hydroxylation is 2. The van der Waals surface area contributed by atoms with Gasteiger partial charge in [-0.2, -0.15) is 0 Å². The number of nitrogens with one attached hydrogen (secondary N) is 1. The van der Waals surface area contributed by atoms with Crippen LogP contribution in [0.5, 0.6) is 0 Å². The van der Waals surface area contributed by atoms with E-state index < -0.39 is 0 Å². The second kappa shape index (κ2) is 5.09. The van der Waals surface area contributed by atoms with Gasteiger partial charge in [-0.3, -0.25) is 9.48 Å². The molecule has 108 valence electrons. The summed E-state index contributed by atoms with van der Waals surface area (Å²) >= 11 is 0. The number of hydrogen-bond acceptors (Lipinski definition) is 3. The number of carbonyl (C=O) groups is 1. The molecule has 0 saturated carbocycles. The SMILES string of the molecule is CNC(=O)c1oc2nn(Cc3ccccc3)c(C)c2c1C. The van der Waals surface area contributed by atoms with Crippen LogP contribution in [0, 0.1) is 13.8 Å². The molecule has 3 rings (SSSR count). The van der Waals surface area contributed by atoms with Crippen LogP contribution in [-0.2, 0) is 6.54 Å². The smallest absolute Gasteiger partial charge is 0.287 e. The Bertz CT molecular complexity index is 800. The highest BCUT2D eigenvalue weighted by molar-refractivity contribution is 5.98. The van der Waals surface area contributed by atoms with Crippen molar-refractivity contribution in [2.75, 3.05) is 7.05 Å². The average Bonchev–Trinajstić information content (AvgIpc) is 2.98. The Labute approximate surface area is 122 Å². The van der Waals surface area contributed by atoms with E-state index in [-0.39, 0.29) is 5.91 Å². The number of aromatic nitrogens is 2. The maximum atomic E-state index is 11.7. The first-order chi connectivity index (χ1) is 10.1. The first-order valence-electron chi connectivity index (χ1n) is 6.84. The van der Waals surface area contributed by atoms with Crippen molar-refractivity contribution in [3.63, 3.8) is 0 Å². The molecule has 2 aromatic heterocycles. The normalized spacial score (nSPS) is 11.0. The topological polar surface area (TPSA) is 60.1 Å². The summed E-state index contributed by atoms with van der Waals surface area (Å²) < 4.78 is 7.51. The molecule has 0 unspecified atom stereocenters. The van der Waals surface area contributed by atoms with Gasteiger partial charge < -0.3 is 9.73 Å². The lowest BCUT2D eigenvalue weighted by Gasteiger charge is -2.04. The zero-order chi connectivity index (χ0) is 15.0. The lowest BCUT2D eigenvalue weighted by atomic mass is 10.1. The molecule has 5 nitrogen and oxygen atoms in total. The predicted molar refractivity (Wildman–Crippen MR) is 80.4 cm³/mol. The van der Waals surface area contributed by atoms with Gasteiger partial charge in [-0.05, 0) is 19.4 Å². The van der Waals surface area contributed by atoms with Gasteiger partial charge in [0.05, 0.1) is 11.9 Å². The van der Waals surface area contributed by atoms with Crippen LogP contribution in [0.3, 0.4) is 0 Å². The minimum atomic E-state index is -0.223. The predicted octanol–water partition coefficient (Wildman–Crippen LogP) is 2.65. The number of fused-ring (bicyclic) bond motifs is 1. The highest BCUT2D eigenvalue weighted by atomic mass is 16.4. The fraction of sp³-hybridized carbons (Fsp3) is 0.250. The Hall–Kier alpha value is -2.56. The summed E-state index contributed by atoms with van der Waals surface area (Å²) in [6.07, 6.45) is 0. The zero-order valence-electron chi connectivity index (χ0n) is 12.3. The third-order valence-corrected chi connectivity index (χ3v) is 3.70. The number of hydrogen-bond donors (Lipinski definition) is 1. The summed E-state index contributed by atoms with van der Waals surface area (Å²) in [5.74, 6) is 0.115. The molecule has 1 N–H and O–H groups in total. The van der Waals surface area contributed by atoms with Gasteiger partial charge in [-0.1, -0.05) is 30.3 Å². The van der Waals surface area contributed by atoms with E-state index in [1.54, 1.807) is 7.05 Å². The molecule has 0 aliphatic rings. The molecule has 0 aliphatic carbocycles. The first-order valence-corrected chi connectivity index (χ1v) is 6.84. The monoisotopic (exact) mass is 283 g/mol. The minimum absolute atomic E-state index is 0.223. The molecule has 0 fully saturated rings. The number of nitrogens with zero attached hydrogens (tertiary/aromatic N) is 2. The molecule has 2 heterocycles. The summed E-state index contributed by atoms with van der Waals surface area (Å²) in [6.45, 7) is 4.57. The number of carbonyl (C=O) groups excluding carboxylic acids is 1. The van der Waals surface area contributed by atoms with E-state index in [2.05, 4.69) is 22.5 Å². The minimum Gasteiger partial charge on any atom is -0.431 e. The van der Waals surface area contributed by atoms with Crippen molar-refractivity contribution in [3.8, 4) is 0 Å². The molecule has 0 bridgehead atoms. The maximum absolute atomic E-state index is 11.7. The van der Waals surface area contributed by atoms with Crippen LogP contribution >= 0.6 is 0 Å². The van der Waals surface area contributed by atoms with Gasteiger partial charge in [-0.25, -0.2) is 0 Å². The van der Waals surface area contributed by atoms with Crippen LogP contribution in [0.1, 0.15) is 27.4 Å². The first kappa shape index (κ1) is 13.4. The van der Waals surface area contributed by atoms with E-state index in [4.69, 9.17) is 4.42 Å². The number of rotatable bonds is 3. The summed E-state index contributed by atoms with van der Waals surface area (Å²) in [5, 5.41) is 7.98. The summed E-state index contributed by atoms with van der Waals surface area (Å²) in [4.78, 5) is 11.7. The molecule has 21 heavy (non-hydrogen) atoms. The van der Waals surface area contributed by atoms with Crippen molar-refractivity contribution >= 4 is 17.0 Å². The Morgan fingerprint density at radius 1 is 1.29 bits per heavy atom. The number of furan rings is 1. The fourth-order valence-corrected chi connectivity index (χ4v) is 2.55. The van der Waals surface area contributed by atoms with Crippen LogP contribution in [0.2, 0.25) is 0 Å². The Morgan fingerprint density at radius 2 is 2.00 bits per heavy atom. The zero-order valence-corrected chi connectivity index (χ0v) is 12.3. The van der Waals surface area contributed by atoms with E-state index >= 15 is 0 Å². The standard InChI is InChI=1S/C16H17N3O2/c1-10-13-11(2)19(9-12-7-5-4-6-8-12)18-16(13)21-14(10)15(20)17-3/h4-8H,9H2,1-3H3,(H,17,20). The van der Waals surface area contributed by atoms with Crippen LogP contribution in [-0.4, -0.2) is 22.7 Å². The molecule has 0 atom stereocenters. The van der Waals surface area contributed by atoms with Crippen LogP contribution < -0.4 is 5.32 Å². The molecule has 0 aliphatic heterocycles. The lowest BCUT2D eigenvalue weighted by molar-refractivity contribution is 0.0936. The van der Waals surface area contributed by atoms with Gasteiger partial charge in [0.1, 0.15) is 0 Å². The Morgan fingerprint density at radius 3 is 2.62 bits per heavy atom. The van der Waals surface area contributed by atoms with E-state index in [0.29, 0.717) is 18.0 Å². The van der Waals surface area contributed by atoms with Crippen molar-refractivity contribution in [1.29, 1.82) is 0 Å². The van der Waals surface area contributed by atoms with Crippen molar-refractivity contribution < 1.29 is 9.21 Å². The maximum Gasteiger partial charge on any atom is 0.287 e. The molecular formula is C16H17N3O2. The van der Waals surface area contributed by atoms with E-state index in [0.717, 1.165) is 16.6 Å². The number of amides is 1. The second-order valence-electron chi connectivity index (χ2n) is 5.04. The largest absolute Gasteiger partial charge is 0.431 e. The molecule has 1 aromatic carbocycles.